The average molecular weight is 354 g/mol. The zero-order valence-electron chi connectivity index (χ0n) is 10.1. The van der Waals surface area contributed by atoms with Gasteiger partial charge in [-0.15, -0.1) is 0 Å². The van der Waals surface area contributed by atoms with Crippen LogP contribution in [0.25, 0.3) is 11.3 Å². The summed E-state index contributed by atoms with van der Waals surface area (Å²) in [6.45, 7) is 0. The number of benzene rings is 1. The second-order valence-corrected chi connectivity index (χ2v) is 5.29. The van der Waals surface area contributed by atoms with Gasteiger partial charge in [-0.3, -0.25) is 4.79 Å². The van der Waals surface area contributed by atoms with Crippen LogP contribution < -0.4 is 5.56 Å². The van der Waals surface area contributed by atoms with Crippen LogP contribution in [0.5, 0.6) is 11.5 Å². The van der Waals surface area contributed by atoms with Crippen molar-refractivity contribution in [3.63, 3.8) is 0 Å². The van der Waals surface area contributed by atoms with Gasteiger partial charge in [0.25, 0.3) is 5.56 Å². The number of nitrogens with one attached hydrogen (secondary N) is 1. The number of aromatic nitrogens is 2. The fraction of sp³-hybridized carbons (Fsp3) is 0.0833. The molecule has 102 valence electrons. The molecule has 0 aliphatic carbocycles. The maximum atomic E-state index is 11.8. The first kappa shape index (κ1) is 14.4. The van der Waals surface area contributed by atoms with E-state index in [0.29, 0.717) is 5.16 Å². The molecular formula is C12H8BrN3O3S. The molecule has 1 heterocycles. The van der Waals surface area contributed by atoms with E-state index in [-0.39, 0.29) is 32.8 Å². The lowest BCUT2D eigenvalue weighted by atomic mass is 10.1. The summed E-state index contributed by atoms with van der Waals surface area (Å²) in [5.74, 6) is -0.328. The first-order valence-electron chi connectivity index (χ1n) is 5.28. The molecule has 0 atom stereocenters. The van der Waals surface area contributed by atoms with Crippen LogP contribution in [0.4, 0.5) is 0 Å². The predicted octanol–water partition coefficient (Wildman–Crippen LogP) is 2.20. The highest BCUT2D eigenvalue weighted by Gasteiger charge is 2.20. The van der Waals surface area contributed by atoms with E-state index in [1.54, 1.807) is 12.3 Å². The molecule has 8 heteroatoms. The van der Waals surface area contributed by atoms with Gasteiger partial charge >= 0.3 is 0 Å². The average Bonchev–Trinajstić information content (AvgIpc) is 2.43. The SMILES string of the molecule is CSc1nc(-c2c(O)ccc(O)c2Br)c(C#N)c(=O)[nH]1. The number of nitriles is 1. The van der Waals surface area contributed by atoms with E-state index in [1.165, 1.54) is 23.9 Å². The topological polar surface area (TPSA) is 110 Å². The molecule has 0 saturated heterocycles. The quantitative estimate of drug-likeness (QED) is 0.433. The van der Waals surface area contributed by atoms with E-state index in [4.69, 9.17) is 5.26 Å². The van der Waals surface area contributed by atoms with Crippen molar-refractivity contribution >= 4 is 27.7 Å². The normalized spacial score (nSPS) is 10.2. The van der Waals surface area contributed by atoms with Crippen LogP contribution >= 0.6 is 27.7 Å². The molecule has 0 spiro atoms. The lowest BCUT2D eigenvalue weighted by Gasteiger charge is -2.10. The third-order valence-corrected chi connectivity index (χ3v) is 3.92. The summed E-state index contributed by atoms with van der Waals surface area (Å²) in [6, 6.07) is 4.31. The highest BCUT2D eigenvalue weighted by molar-refractivity contribution is 9.10. The van der Waals surface area contributed by atoms with Gasteiger partial charge in [-0.25, -0.2) is 4.98 Å². The molecule has 0 amide bonds. The lowest BCUT2D eigenvalue weighted by molar-refractivity contribution is 0.459. The molecule has 0 saturated carbocycles. The number of halogens is 1. The Bertz CT molecular complexity index is 783. The zero-order valence-corrected chi connectivity index (χ0v) is 12.5. The molecule has 2 rings (SSSR count). The number of hydrogen-bond donors (Lipinski definition) is 3. The summed E-state index contributed by atoms with van der Waals surface area (Å²) in [5, 5.41) is 29.0. The number of phenols is 2. The fourth-order valence-electron chi connectivity index (χ4n) is 1.61. The lowest BCUT2D eigenvalue weighted by Crippen LogP contribution is -2.14. The summed E-state index contributed by atoms with van der Waals surface area (Å²) >= 11 is 4.32. The Labute approximate surface area is 126 Å². The van der Waals surface area contributed by atoms with Gasteiger partial charge in [0.2, 0.25) is 0 Å². The molecule has 0 aliphatic rings. The smallest absolute Gasteiger partial charge is 0.270 e. The van der Waals surface area contributed by atoms with E-state index in [2.05, 4.69) is 25.9 Å². The predicted molar refractivity (Wildman–Crippen MR) is 77.8 cm³/mol. The molecule has 1 aromatic heterocycles. The Hall–Kier alpha value is -1.98. The molecule has 20 heavy (non-hydrogen) atoms. The summed E-state index contributed by atoms with van der Waals surface area (Å²) in [5.41, 5.74) is -0.718. The van der Waals surface area contributed by atoms with Crippen LogP contribution in [0.15, 0.2) is 26.6 Å². The number of thioether (sulfide) groups is 1. The van der Waals surface area contributed by atoms with Gasteiger partial charge in [-0.1, -0.05) is 11.8 Å². The van der Waals surface area contributed by atoms with Crippen molar-refractivity contribution in [2.24, 2.45) is 0 Å². The molecule has 0 fully saturated rings. The largest absolute Gasteiger partial charge is 0.507 e. The van der Waals surface area contributed by atoms with Crippen LogP contribution in [0.1, 0.15) is 5.56 Å². The van der Waals surface area contributed by atoms with Gasteiger partial charge in [-0.05, 0) is 34.3 Å². The molecule has 1 aromatic carbocycles. The number of hydrogen-bond acceptors (Lipinski definition) is 6. The Kier molecular flexibility index (Phi) is 4.01. The van der Waals surface area contributed by atoms with Crippen LogP contribution in [0.2, 0.25) is 0 Å². The standard InChI is InChI=1S/C12H8BrN3O3S/c1-20-12-15-10(5(4-14)11(19)16-12)8-6(17)2-3-7(18)9(8)13/h2-3,17-18H,1H3,(H,15,16,19). The van der Waals surface area contributed by atoms with Crippen molar-refractivity contribution in [3.05, 3.63) is 32.5 Å². The minimum Gasteiger partial charge on any atom is -0.507 e. The fourth-order valence-corrected chi connectivity index (χ4v) is 2.51. The molecular weight excluding hydrogens is 346 g/mol. The summed E-state index contributed by atoms with van der Waals surface area (Å²) in [6.07, 6.45) is 1.71. The molecule has 6 nitrogen and oxygen atoms in total. The van der Waals surface area contributed by atoms with Crippen molar-refractivity contribution in [1.82, 2.24) is 9.97 Å². The molecule has 0 radical (unpaired) electrons. The van der Waals surface area contributed by atoms with Gasteiger partial charge in [0.1, 0.15) is 28.8 Å². The molecule has 0 unspecified atom stereocenters. The van der Waals surface area contributed by atoms with Crippen molar-refractivity contribution in [1.29, 1.82) is 5.26 Å². The number of phenolic OH excluding ortho intramolecular Hbond substituents is 2. The Morgan fingerprint density at radius 2 is 2.05 bits per heavy atom. The van der Waals surface area contributed by atoms with Crippen LogP contribution in [0, 0.1) is 11.3 Å². The van der Waals surface area contributed by atoms with E-state index < -0.39 is 5.56 Å². The van der Waals surface area contributed by atoms with Gasteiger partial charge in [0.05, 0.1) is 10.0 Å². The summed E-state index contributed by atoms with van der Waals surface area (Å²) in [4.78, 5) is 18.4. The van der Waals surface area contributed by atoms with E-state index in [9.17, 15) is 15.0 Å². The number of aromatic hydroxyl groups is 2. The van der Waals surface area contributed by atoms with Crippen molar-refractivity contribution in [3.8, 4) is 28.8 Å². The first-order chi connectivity index (χ1) is 9.49. The van der Waals surface area contributed by atoms with Gasteiger partial charge in [-0.2, -0.15) is 5.26 Å². The van der Waals surface area contributed by atoms with Crippen LogP contribution in [0.3, 0.4) is 0 Å². The Morgan fingerprint density at radius 3 is 2.65 bits per heavy atom. The minimum absolute atomic E-state index is 0.0147. The Morgan fingerprint density at radius 1 is 1.40 bits per heavy atom. The summed E-state index contributed by atoms with van der Waals surface area (Å²) < 4.78 is 0.166. The van der Waals surface area contributed by atoms with E-state index in [0.717, 1.165) is 0 Å². The first-order valence-corrected chi connectivity index (χ1v) is 7.30. The highest BCUT2D eigenvalue weighted by Crippen LogP contribution is 2.41. The molecule has 0 bridgehead atoms. The number of rotatable bonds is 2. The van der Waals surface area contributed by atoms with Gasteiger partial charge in [0, 0.05) is 0 Å². The second kappa shape index (κ2) is 5.56. The minimum atomic E-state index is -0.600. The third-order valence-electron chi connectivity index (χ3n) is 2.54. The zero-order chi connectivity index (χ0) is 14.9. The van der Waals surface area contributed by atoms with Crippen molar-refractivity contribution in [2.45, 2.75) is 5.16 Å². The van der Waals surface area contributed by atoms with Crippen molar-refractivity contribution < 1.29 is 10.2 Å². The Balaban J connectivity index is 2.89. The van der Waals surface area contributed by atoms with Crippen molar-refractivity contribution in [2.75, 3.05) is 6.26 Å². The molecule has 3 N–H and O–H groups in total. The third kappa shape index (κ3) is 2.37. The van der Waals surface area contributed by atoms with Crippen LogP contribution in [-0.2, 0) is 0 Å². The maximum absolute atomic E-state index is 11.8. The highest BCUT2D eigenvalue weighted by atomic mass is 79.9. The second-order valence-electron chi connectivity index (χ2n) is 3.70. The number of aromatic amines is 1. The summed E-state index contributed by atoms with van der Waals surface area (Å²) in [7, 11) is 0. The van der Waals surface area contributed by atoms with Gasteiger partial charge in [0.15, 0.2) is 5.16 Å². The molecule has 0 aliphatic heterocycles. The maximum Gasteiger partial charge on any atom is 0.270 e. The monoisotopic (exact) mass is 353 g/mol. The molecule has 2 aromatic rings. The van der Waals surface area contributed by atoms with Crippen LogP contribution in [-0.4, -0.2) is 26.4 Å². The number of nitrogens with zero attached hydrogens (tertiary/aromatic N) is 2. The van der Waals surface area contributed by atoms with Gasteiger partial charge < -0.3 is 15.2 Å². The van der Waals surface area contributed by atoms with E-state index in [1.807, 2.05) is 0 Å². The number of H-pyrrole nitrogens is 1. The van der Waals surface area contributed by atoms with E-state index >= 15 is 0 Å².